The molecule has 0 aromatic carbocycles. The lowest BCUT2D eigenvalue weighted by molar-refractivity contribution is 0.207. The van der Waals surface area contributed by atoms with Gasteiger partial charge in [0.2, 0.25) is 0 Å². The maximum Gasteiger partial charge on any atom is 0.279 e. The summed E-state index contributed by atoms with van der Waals surface area (Å²) in [5.41, 5.74) is 0.252. The van der Waals surface area contributed by atoms with Crippen LogP contribution in [0.2, 0.25) is 0 Å². The van der Waals surface area contributed by atoms with Crippen molar-refractivity contribution in [3.8, 4) is 0 Å². The molecule has 2 unspecified atom stereocenters. The van der Waals surface area contributed by atoms with Crippen LogP contribution in [0, 0.1) is 11.3 Å². The number of nitrogens with zero attached hydrogens (tertiary/aromatic N) is 1. The summed E-state index contributed by atoms with van der Waals surface area (Å²) < 4.78 is 29.8. The maximum absolute atomic E-state index is 12.6. The lowest BCUT2D eigenvalue weighted by atomic mass is 9.75. The highest BCUT2D eigenvalue weighted by Gasteiger charge is 2.34. The van der Waals surface area contributed by atoms with Crippen molar-refractivity contribution in [3.63, 3.8) is 0 Å². The number of piperidine rings is 1. The van der Waals surface area contributed by atoms with Gasteiger partial charge in [-0.15, -0.1) is 0 Å². The Hall–Kier alpha value is -0.170. The van der Waals surface area contributed by atoms with Crippen LogP contribution in [-0.2, 0) is 10.2 Å². The minimum atomic E-state index is -3.33. The Bertz CT molecular complexity index is 434. The predicted molar refractivity (Wildman–Crippen MR) is 86.3 cm³/mol. The molecule has 0 aromatic rings. The van der Waals surface area contributed by atoms with Crippen LogP contribution in [0.3, 0.4) is 0 Å². The molecule has 2 aliphatic rings. The summed E-state index contributed by atoms with van der Waals surface area (Å²) >= 11 is 0. The fraction of sp³-hybridized carbons (Fsp3) is 1.00. The van der Waals surface area contributed by atoms with E-state index in [4.69, 9.17) is 0 Å². The van der Waals surface area contributed by atoms with Crippen molar-refractivity contribution in [1.29, 1.82) is 0 Å². The van der Waals surface area contributed by atoms with Gasteiger partial charge in [-0.1, -0.05) is 20.3 Å². The number of rotatable bonds is 5. The van der Waals surface area contributed by atoms with Gasteiger partial charge in [0.25, 0.3) is 10.2 Å². The van der Waals surface area contributed by atoms with Crippen molar-refractivity contribution >= 4 is 10.2 Å². The Morgan fingerprint density at radius 3 is 2.67 bits per heavy atom. The zero-order chi connectivity index (χ0) is 15.5. The van der Waals surface area contributed by atoms with Crippen LogP contribution in [0.5, 0.6) is 0 Å². The van der Waals surface area contributed by atoms with E-state index < -0.39 is 10.2 Å². The Morgan fingerprint density at radius 1 is 1.24 bits per heavy atom. The number of hydrogen-bond donors (Lipinski definition) is 2. The van der Waals surface area contributed by atoms with E-state index in [9.17, 15) is 8.42 Å². The molecule has 2 fully saturated rings. The summed E-state index contributed by atoms with van der Waals surface area (Å²) in [5.74, 6) is 0.433. The Morgan fingerprint density at radius 2 is 2.00 bits per heavy atom. The smallest absolute Gasteiger partial charge is 0.279 e. The Balaban J connectivity index is 1.94. The van der Waals surface area contributed by atoms with Crippen LogP contribution in [0.4, 0.5) is 0 Å². The Labute approximate surface area is 130 Å². The van der Waals surface area contributed by atoms with E-state index in [1.807, 2.05) is 7.05 Å². The maximum atomic E-state index is 12.6. The van der Waals surface area contributed by atoms with Crippen LogP contribution < -0.4 is 10.0 Å². The van der Waals surface area contributed by atoms with Crippen molar-refractivity contribution in [2.45, 2.75) is 58.4 Å². The topological polar surface area (TPSA) is 61.4 Å². The van der Waals surface area contributed by atoms with Crippen molar-refractivity contribution in [2.24, 2.45) is 11.3 Å². The van der Waals surface area contributed by atoms with Gasteiger partial charge in [-0.05, 0) is 57.0 Å². The average Bonchev–Trinajstić information content (AvgIpc) is 2.37. The third-order valence-corrected chi connectivity index (χ3v) is 6.48. The van der Waals surface area contributed by atoms with Gasteiger partial charge in [0, 0.05) is 19.1 Å². The molecule has 0 spiro atoms. The second-order valence-corrected chi connectivity index (χ2v) is 9.21. The van der Waals surface area contributed by atoms with Gasteiger partial charge >= 0.3 is 0 Å². The van der Waals surface area contributed by atoms with E-state index in [0.717, 1.165) is 38.6 Å². The SMILES string of the molecule is CNCC1CCCN(S(=O)(=O)NC2CCCC(C)(C)C2)C1. The zero-order valence-corrected chi connectivity index (χ0v) is 14.5. The van der Waals surface area contributed by atoms with Crippen molar-refractivity contribution in [3.05, 3.63) is 0 Å². The molecule has 2 rings (SSSR count). The fourth-order valence-corrected chi connectivity index (χ4v) is 5.33. The molecule has 0 aromatic heterocycles. The third kappa shape index (κ3) is 4.91. The summed E-state index contributed by atoms with van der Waals surface area (Å²) in [5, 5.41) is 3.16. The molecular formula is C15H31N3O2S. The minimum absolute atomic E-state index is 0.100. The first kappa shape index (κ1) is 17.2. The molecule has 2 atom stereocenters. The molecule has 1 heterocycles. The van der Waals surface area contributed by atoms with E-state index in [-0.39, 0.29) is 11.5 Å². The van der Waals surface area contributed by atoms with Gasteiger partial charge in [-0.2, -0.15) is 17.4 Å². The summed E-state index contributed by atoms with van der Waals surface area (Å²) in [4.78, 5) is 0. The largest absolute Gasteiger partial charge is 0.319 e. The molecule has 1 saturated heterocycles. The summed E-state index contributed by atoms with van der Waals surface area (Å²) in [6.07, 6.45) is 6.30. The third-order valence-electron chi connectivity index (χ3n) is 4.84. The second kappa shape index (κ2) is 6.94. The molecule has 0 radical (unpaired) electrons. The van der Waals surface area contributed by atoms with Gasteiger partial charge in [0.15, 0.2) is 0 Å². The molecule has 124 valence electrons. The van der Waals surface area contributed by atoms with Gasteiger partial charge in [0.1, 0.15) is 0 Å². The predicted octanol–water partition coefficient (Wildman–Crippen LogP) is 1.72. The first-order chi connectivity index (χ1) is 9.82. The normalized spacial score (nSPS) is 31.2. The summed E-state index contributed by atoms with van der Waals surface area (Å²) in [6, 6.07) is 0.100. The van der Waals surface area contributed by atoms with Crippen LogP contribution >= 0.6 is 0 Å². The molecule has 1 aliphatic heterocycles. The fourth-order valence-electron chi connectivity index (χ4n) is 3.78. The average molecular weight is 317 g/mol. The van der Waals surface area contributed by atoms with E-state index in [1.165, 1.54) is 6.42 Å². The number of hydrogen-bond acceptors (Lipinski definition) is 3. The van der Waals surface area contributed by atoms with Crippen molar-refractivity contribution < 1.29 is 8.42 Å². The van der Waals surface area contributed by atoms with Crippen LogP contribution in [0.25, 0.3) is 0 Å². The first-order valence-electron chi connectivity index (χ1n) is 8.24. The molecule has 1 aliphatic carbocycles. The Kier molecular flexibility index (Phi) is 5.68. The van der Waals surface area contributed by atoms with E-state index >= 15 is 0 Å². The summed E-state index contributed by atoms with van der Waals surface area (Å²) in [6.45, 7) is 6.66. The van der Waals surface area contributed by atoms with Crippen LogP contribution in [0.15, 0.2) is 0 Å². The quantitative estimate of drug-likeness (QED) is 0.811. The standard InChI is InChI=1S/C15H31N3O2S/c1-15(2)8-4-7-14(10-15)17-21(19,20)18-9-5-6-13(12-18)11-16-3/h13-14,16-17H,4-12H2,1-3H3. The van der Waals surface area contributed by atoms with Crippen LogP contribution in [-0.4, -0.2) is 45.4 Å². The highest BCUT2D eigenvalue weighted by atomic mass is 32.2. The van der Waals surface area contributed by atoms with Gasteiger partial charge in [-0.3, -0.25) is 0 Å². The lowest BCUT2D eigenvalue weighted by Gasteiger charge is -2.37. The number of nitrogens with one attached hydrogen (secondary N) is 2. The first-order valence-corrected chi connectivity index (χ1v) is 9.68. The van der Waals surface area contributed by atoms with Gasteiger partial charge < -0.3 is 5.32 Å². The molecule has 1 saturated carbocycles. The molecule has 0 amide bonds. The second-order valence-electron chi connectivity index (χ2n) is 7.50. The molecule has 5 nitrogen and oxygen atoms in total. The molecule has 0 bridgehead atoms. The van der Waals surface area contributed by atoms with E-state index in [1.54, 1.807) is 4.31 Å². The highest BCUT2D eigenvalue weighted by Crippen LogP contribution is 2.35. The van der Waals surface area contributed by atoms with E-state index in [2.05, 4.69) is 23.9 Å². The van der Waals surface area contributed by atoms with Crippen molar-refractivity contribution in [1.82, 2.24) is 14.3 Å². The zero-order valence-electron chi connectivity index (χ0n) is 13.7. The lowest BCUT2D eigenvalue weighted by Crippen LogP contribution is -2.51. The summed E-state index contributed by atoms with van der Waals surface area (Å²) in [7, 11) is -1.40. The minimum Gasteiger partial charge on any atom is -0.319 e. The van der Waals surface area contributed by atoms with Crippen LogP contribution in [0.1, 0.15) is 52.4 Å². The van der Waals surface area contributed by atoms with Gasteiger partial charge in [-0.25, -0.2) is 0 Å². The molecular weight excluding hydrogens is 286 g/mol. The molecule has 2 N–H and O–H groups in total. The van der Waals surface area contributed by atoms with Gasteiger partial charge in [0.05, 0.1) is 0 Å². The molecule has 6 heteroatoms. The highest BCUT2D eigenvalue weighted by molar-refractivity contribution is 7.87. The van der Waals surface area contributed by atoms with E-state index in [0.29, 0.717) is 19.0 Å². The monoisotopic (exact) mass is 317 g/mol. The molecule has 21 heavy (non-hydrogen) atoms. The van der Waals surface area contributed by atoms with Crippen molar-refractivity contribution in [2.75, 3.05) is 26.7 Å².